The first-order valence-corrected chi connectivity index (χ1v) is 6.13. The van der Waals surface area contributed by atoms with E-state index in [0.717, 1.165) is 12.1 Å². The molecule has 0 saturated carbocycles. The number of hydrogen-bond donors (Lipinski definition) is 2. The Morgan fingerprint density at radius 2 is 1.65 bits per heavy atom. The van der Waals surface area contributed by atoms with Crippen LogP contribution in [-0.4, -0.2) is 10.3 Å². The van der Waals surface area contributed by atoms with E-state index in [9.17, 15) is 0 Å². The lowest BCUT2D eigenvalue weighted by Crippen LogP contribution is -1.98. The molecule has 0 aromatic heterocycles. The minimum atomic E-state index is -1.50. The van der Waals surface area contributed by atoms with Crippen molar-refractivity contribution in [2.75, 3.05) is 5.73 Å². The van der Waals surface area contributed by atoms with Crippen molar-refractivity contribution in [3.63, 3.8) is 0 Å². The Hall–Kier alpha value is -2.56. The summed E-state index contributed by atoms with van der Waals surface area (Å²) in [5.41, 5.74) is 12.0. The van der Waals surface area contributed by atoms with Crippen LogP contribution in [0, 0.1) is 24.0 Å². The standard InChI is InChI=1S/C15H17N.HNO3/c1-11-12(2)15(16)9-8-14(11)10-13-6-4-3-5-7-13;2-1(3)4/h3-9H,10,16H2,1-2H3;(H,2,3,4). The summed E-state index contributed by atoms with van der Waals surface area (Å²) in [6, 6.07) is 14.6. The van der Waals surface area contributed by atoms with Gasteiger partial charge in [0.2, 0.25) is 0 Å². The van der Waals surface area contributed by atoms with Gasteiger partial charge in [0.1, 0.15) is 0 Å². The van der Waals surface area contributed by atoms with Crippen LogP contribution in [0.4, 0.5) is 5.69 Å². The van der Waals surface area contributed by atoms with Gasteiger partial charge in [-0.25, -0.2) is 0 Å². The van der Waals surface area contributed by atoms with Gasteiger partial charge in [0.05, 0.1) is 0 Å². The second kappa shape index (κ2) is 7.13. The Morgan fingerprint density at radius 1 is 1.10 bits per heavy atom. The number of benzene rings is 2. The van der Waals surface area contributed by atoms with Gasteiger partial charge >= 0.3 is 0 Å². The van der Waals surface area contributed by atoms with Crippen LogP contribution in [0.2, 0.25) is 0 Å². The van der Waals surface area contributed by atoms with Crippen molar-refractivity contribution in [1.29, 1.82) is 0 Å². The molecule has 0 saturated heterocycles. The zero-order valence-corrected chi connectivity index (χ0v) is 11.5. The van der Waals surface area contributed by atoms with E-state index in [1.807, 2.05) is 12.1 Å². The SMILES string of the molecule is Cc1c(N)ccc(Cc2ccccc2)c1C.O=[N+]([O-])O. The number of nitrogens with two attached hydrogens (primary N) is 1. The summed E-state index contributed by atoms with van der Waals surface area (Å²) in [5, 5.41) is 13.6. The molecule has 0 unspecified atom stereocenters. The average Bonchev–Trinajstić information content (AvgIpc) is 2.40. The van der Waals surface area contributed by atoms with Gasteiger partial charge in [-0.3, -0.25) is 0 Å². The molecule has 0 radical (unpaired) electrons. The van der Waals surface area contributed by atoms with E-state index in [0.29, 0.717) is 0 Å². The molecule has 0 aliphatic carbocycles. The summed E-state index contributed by atoms with van der Waals surface area (Å²) in [7, 11) is 0. The van der Waals surface area contributed by atoms with Crippen molar-refractivity contribution in [3.8, 4) is 0 Å². The topological polar surface area (TPSA) is 89.4 Å². The van der Waals surface area contributed by atoms with Crippen LogP contribution >= 0.6 is 0 Å². The van der Waals surface area contributed by atoms with Crippen LogP contribution in [0.25, 0.3) is 0 Å². The summed E-state index contributed by atoms with van der Waals surface area (Å²) in [6.07, 6.45) is 0.980. The molecule has 3 N–H and O–H groups in total. The summed E-state index contributed by atoms with van der Waals surface area (Å²) in [4.78, 5) is 8.36. The molecule has 0 heterocycles. The molecule has 5 heteroatoms. The normalized spacial score (nSPS) is 9.50. The number of nitrogen functional groups attached to an aromatic ring is 1. The Kier molecular flexibility index (Phi) is 5.53. The highest BCUT2D eigenvalue weighted by molar-refractivity contribution is 5.53. The first-order valence-electron chi connectivity index (χ1n) is 6.13. The predicted octanol–water partition coefficient (Wildman–Crippen LogP) is 3.13. The van der Waals surface area contributed by atoms with Crippen LogP contribution in [0.1, 0.15) is 22.3 Å². The molecule has 20 heavy (non-hydrogen) atoms. The van der Waals surface area contributed by atoms with Gasteiger partial charge in [0, 0.05) is 5.69 Å². The van der Waals surface area contributed by atoms with Crippen molar-refractivity contribution in [3.05, 3.63) is 74.8 Å². The minimum absolute atomic E-state index is 0.884. The Morgan fingerprint density at radius 3 is 2.20 bits per heavy atom. The van der Waals surface area contributed by atoms with Crippen molar-refractivity contribution in [2.45, 2.75) is 20.3 Å². The van der Waals surface area contributed by atoms with Gasteiger partial charge < -0.3 is 10.9 Å². The first-order chi connectivity index (χ1) is 9.41. The molecule has 0 bridgehead atoms. The fourth-order valence-electron chi connectivity index (χ4n) is 1.90. The molecule has 0 fully saturated rings. The highest BCUT2D eigenvalue weighted by atomic mass is 16.9. The minimum Gasteiger partial charge on any atom is -0.399 e. The summed E-state index contributed by atoms with van der Waals surface area (Å²) in [5.74, 6) is 0. The van der Waals surface area contributed by atoms with Gasteiger partial charge in [0.15, 0.2) is 0 Å². The van der Waals surface area contributed by atoms with Gasteiger partial charge in [0.25, 0.3) is 5.09 Å². The predicted molar refractivity (Wildman–Crippen MR) is 78.4 cm³/mol. The first kappa shape index (κ1) is 15.5. The van der Waals surface area contributed by atoms with Crippen molar-refractivity contribution >= 4 is 5.69 Å². The highest BCUT2D eigenvalue weighted by Crippen LogP contribution is 2.21. The van der Waals surface area contributed by atoms with E-state index in [1.54, 1.807) is 0 Å². The summed E-state index contributed by atoms with van der Waals surface area (Å²) in [6.45, 7) is 4.23. The summed E-state index contributed by atoms with van der Waals surface area (Å²) >= 11 is 0. The maximum Gasteiger partial charge on any atom is 0.291 e. The monoisotopic (exact) mass is 274 g/mol. The van der Waals surface area contributed by atoms with Gasteiger partial charge in [-0.05, 0) is 48.6 Å². The van der Waals surface area contributed by atoms with E-state index in [4.69, 9.17) is 21.1 Å². The van der Waals surface area contributed by atoms with Crippen LogP contribution < -0.4 is 5.73 Å². The zero-order valence-electron chi connectivity index (χ0n) is 11.5. The lowest BCUT2D eigenvalue weighted by Gasteiger charge is -2.11. The third-order valence-electron chi connectivity index (χ3n) is 3.18. The van der Waals surface area contributed by atoms with E-state index >= 15 is 0 Å². The van der Waals surface area contributed by atoms with Gasteiger partial charge in [-0.2, -0.15) is 0 Å². The molecule has 0 atom stereocenters. The second-order valence-corrected chi connectivity index (χ2v) is 4.46. The molecule has 2 aromatic rings. The Bertz CT molecular complexity index is 579. The van der Waals surface area contributed by atoms with Crippen LogP contribution in [0.5, 0.6) is 0 Å². The smallest absolute Gasteiger partial charge is 0.291 e. The number of nitrogens with zero attached hydrogens (tertiary/aromatic N) is 1. The lowest BCUT2D eigenvalue weighted by molar-refractivity contribution is -0.742. The molecular formula is C15H18N2O3. The van der Waals surface area contributed by atoms with Crippen molar-refractivity contribution < 1.29 is 10.3 Å². The van der Waals surface area contributed by atoms with Gasteiger partial charge in [-0.1, -0.05) is 36.4 Å². The van der Waals surface area contributed by atoms with Crippen molar-refractivity contribution in [2.24, 2.45) is 0 Å². The summed E-state index contributed by atoms with van der Waals surface area (Å²) < 4.78 is 0. The fraction of sp³-hybridized carbons (Fsp3) is 0.200. The molecule has 0 amide bonds. The van der Waals surface area contributed by atoms with Crippen LogP contribution in [0.3, 0.4) is 0 Å². The molecule has 2 aromatic carbocycles. The molecule has 5 nitrogen and oxygen atoms in total. The molecule has 0 aliphatic rings. The van der Waals surface area contributed by atoms with Crippen LogP contribution in [0.15, 0.2) is 42.5 Å². The Balaban J connectivity index is 0.000000444. The average molecular weight is 274 g/mol. The quantitative estimate of drug-likeness (QED) is 0.500. The maximum absolute atomic E-state index is 8.36. The third-order valence-corrected chi connectivity index (χ3v) is 3.18. The zero-order chi connectivity index (χ0) is 15.1. The number of anilines is 1. The number of rotatable bonds is 2. The lowest BCUT2D eigenvalue weighted by atomic mass is 9.96. The molecule has 0 aliphatic heterocycles. The number of hydrogen-bond acceptors (Lipinski definition) is 3. The van der Waals surface area contributed by atoms with E-state index < -0.39 is 5.09 Å². The van der Waals surface area contributed by atoms with Crippen molar-refractivity contribution in [1.82, 2.24) is 0 Å². The highest BCUT2D eigenvalue weighted by Gasteiger charge is 2.04. The van der Waals surface area contributed by atoms with E-state index in [1.165, 1.54) is 22.3 Å². The molecular weight excluding hydrogens is 256 g/mol. The largest absolute Gasteiger partial charge is 0.399 e. The second-order valence-electron chi connectivity index (χ2n) is 4.46. The molecule has 2 rings (SSSR count). The van der Waals surface area contributed by atoms with Crippen LogP contribution in [-0.2, 0) is 6.42 Å². The Labute approximate surface area is 117 Å². The third kappa shape index (κ3) is 4.61. The van der Waals surface area contributed by atoms with E-state index in [-0.39, 0.29) is 0 Å². The molecule has 106 valence electrons. The van der Waals surface area contributed by atoms with E-state index in [2.05, 4.69) is 44.2 Å². The maximum atomic E-state index is 8.36. The molecule has 0 spiro atoms. The van der Waals surface area contributed by atoms with Gasteiger partial charge in [-0.15, -0.1) is 10.1 Å². The fourth-order valence-corrected chi connectivity index (χ4v) is 1.90.